The monoisotopic (exact) mass is 420 g/mol. The van der Waals surface area contributed by atoms with Gasteiger partial charge in [0, 0.05) is 33.3 Å². The third-order valence-electron chi connectivity index (χ3n) is 4.19. The summed E-state index contributed by atoms with van der Waals surface area (Å²) in [4.78, 5) is 16.2. The summed E-state index contributed by atoms with van der Waals surface area (Å²) in [6.07, 6.45) is 0.0351. The molecule has 4 heteroatoms. The molecule has 0 amide bonds. The van der Waals surface area contributed by atoms with E-state index in [9.17, 15) is 4.79 Å². The number of ketones is 1. The summed E-state index contributed by atoms with van der Waals surface area (Å²) < 4.78 is 6.03. The van der Waals surface area contributed by atoms with E-state index in [0.29, 0.717) is 13.0 Å². The van der Waals surface area contributed by atoms with Gasteiger partial charge in [-0.2, -0.15) is 0 Å². The topological polar surface area (TPSA) is 26.3 Å². The lowest BCUT2D eigenvalue weighted by molar-refractivity contribution is 0.0713. The fourth-order valence-corrected chi connectivity index (χ4v) is 4.67. The van der Waals surface area contributed by atoms with Crippen LogP contribution in [0.2, 0.25) is 0 Å². The van der Waals surface area contributed by atoms with Crippen LogP contribution >= 0.6 is 23.5 Å². The quantitative estimate of drug-likeness (QED) is 0.258. The highest BCUT2D eigenvalue weighted by molar-refractivity contribution is 8.06. The third-order valence-corrected chi connectivity index (χ3v) is 6.37. The van der Waals surface area contributed by atoms with E-state index >= 15 is 0 Å². The van der Waals surface area contributed by atoms with Crippen LogP contribution < -0.4 is 0 Å². The molecule has 0 N–H and O–H groups in total. The van der Waals surface area contributed by atoms with Gasteiger partial charge in [-0.15, -0.1) is 0 Å². The molecule has 0 heterocycles. The number of ether oxygens (including phenoxy) is 1. The summed E-state index contributed by atoms with van der Waals surface area (Å²) >= 11 is 3.31. The first-order valence-corrected chi connectivity index (χ1v) is 11.3. The van der Waals surface area contributed by atoms with Crippen LogP contribution in [0.25, 0.3) is 0 Å². The average Bonchev–Trinajstić information content (AvgIpc) is 2.78. The van der Waals surface area contributed by atoms with Crippen molar-refractivity contribution in [2.75, 3.05) is 6.61 Å². The fourth-order valence-electron chi connectivity index (χ4n) is 2.77. The van der Waals surface area contributed by atoms with Crippen molar-refractivity contribution < 1.29 is 9.53 Å². The smallest absolute Gasteiger partial charge is 0.165 e. The lowest BCUT2D eigenvalue weighted by Crippen LogP contribution is -2.19. The van der Waals surface area contributed by atoms with Gasteiger partial charge in [0.1, 0.15) is 0 Å². The Balaban J connectivity index is 1.84. The maximum atomic E-state index is 12.8. The van der Waals surface area contributed by atoms with Crippen molar-refractivity contribution in [3.63, 3.8) is 0 Å². The number of benzene rings is 3. The standard InChI is InChI=1S/C25H24O2S2/c1-2-27-24(18-23(26)20-12-6-3-7-13-20)25(29-22-16-10-5-11-17-22)19-28-21-14-8-4-9-15-21/h3-17,19,24H,2,18H2,1H3/b25-19-. The first kappa shape index (κ1) is 21.4. The highest BCUT2D eigenvalue weighted by atomic mass is 32.2. The minimum atomic E-state index is -0.283. The second kappa shape index (κ2) is 11.7. The Labute approximate surface area is 181 Å². The Kier molecular flexibility index (Phi) is 8.62. The Hall–Kier alpha value is -2.27. The van der Waals surface area contributed by atoms with Gasteiger partial charge in [-0.1, -0.05) is 90.3 Å². The number of Topliss-reactive ketones (excluding diaryl/α,β-unsaturated/α-hetero) is 1. The van der Waals surface area contributed by atoms with Crippen molar-refractivity contribution in [1.82, 2.24) is 0 Å². The summed E-state index contributed by atoms with van der Waals surface area (Å²) in [5.41, 5.74) is 0.719. The van der Waals surface area contributed by atoms with Gasteiger partial charge in [-0.3, -0.25) is 4.79 Å². The van der Waals surface area contributed by atoms with Gasteiger partial charge in [-0.25, -0.2) is 0 Å². The molecule has 0 aliphatic carbocycles. The SMILES string of the molecule is CCOC(CC(=O)c1ccccc1)/C(=C/Sc1ccccc1)Sc1ccccc1. The van der Waals surface area contributed by atoms with Crippen LogP contribution in [0.5, 0.6) is 0 Å². The summed E-state index contributed by atoms with van der Waals surface area (Å²) in [7, 11) is 0. The number of carbonyl (C=O) groups excluding carboxylic acids is 1. The van der Waals surface area contributed by atoms with Gasteiger partial charge < -0.3 is 4.74 Å². The molecule has 0 saturated heterocycles. The average molecular weight is 421 g/mol. The Bertz CT molecular complexity index is 909. The van der Waals surface area contributed by atoms with Crippen LogP contribution in [-0.2, 0) is 4.74 Å². The molecule has 0 fully saturated rings. The predicted octanol–water partition coefficient (Wildman–Crippen LogP) is 7.09. The largest absolute Gasteiger partial charge is 0.373 e. The molecule has 1 atom stereocenters. The maximum absolute atomic E-state index is 12.8. The number of carbonyl (C=O) groups is 1. The van der Waals surface area contributed by atoms with Gasteiger partial charge in [0.25, 0.3) is 0 Å². The van der Waals surface area contributed by atoms with Crippen molar-refractivity contribution in [1.29, 1.82) is 0 Å². The molecular weight excluding hydrogens is 396 g/mol. The van der Waals surface area contributed by atoms with Crippen LogP contribution in [0.4, 0.5) is 0 Å². The molecule has 0 bridgehead atoms. The summed E-state index contributed by atoms with van der Waals surface area (Å²) in [5, 5.41) is 2.12. The Morgan fingerprint density at radius 3 is 2.00 bits per heavy atom. The van der Waals surface area contributed by atoms with Crippen molar-refractivity contribution in [3.8, 4) is 0 Å². The second-order valence-corrected chi connectivity index (χ2v) is 8.39. The fraction of sp³-hybridized carbons (Fsp3) is 0.160. The van der Waals surface area contributed by atoms with Crippen LogP contribution in [-0.4, -0.2) is 18.5 Å². The maximum Gasteiger partial charge on any atom is 0.165 e. The van der Waals surface area contributed by atoms with Gasteiger partial charge >= 0.3 is 0 Å². The zero-order valence-electron chi connectivity index (χ0n) is 16.4. The molecule has 3 aromatic carbocycles. The minimum Gasteiger partial charge on any atom is -0.373 e. The number of hydrogen-bond donors (Lipinski definition) is 0. The summed E-state index contributed by atoms with van der Waals surface area (Å²) in [6, 6.07) is 29.9. The first-order valence-electron chi connectivity index (χ1n) is 9.60. The molecule has 1 unspecified atom stereocenters. The summed E-state index contributed by atoms with van der Waals surface area (Å²) in [5.74, 6) is 0.0910. The molecule has 2 nitrogen and oxygen atoms in total. The van der Waals surface area contributed by atoms with Gasteiger partial charge in [-0.05, 0) is 36.6 Å². The number of thioether (sulfide) groups is 2. The minimum absolute atomic E-state index is 0.0910. The molecule has 0 saturated carbocycles. The van der Waals surface area contributed by atoms with Crippen LogP contribution in [0.15, 0.2) is 111 Å². The second-order valence-electron chi connectivity index (χ2n) is 6.30. The normalized spacial score (nSPS) is 12.5. The predicted molar refractivity (Wildman–Crippen MR) is 123 cm³/mol. The number of hydrogen-bond acceptors (Lipinski definition) is 4. The van der Waals surface area contributed by atoms with Crippen molar-refractivity contribution in [2.24, 2.45) is 0 Å². The van der Waals surface area contributed by atoms with E-state index < -0.39 is 0 Å². The van der Waals surface area contributed by atoms with E-state index in [1.54, 1.807) is 23.5 Å². The van der Waals surface area contributed by atoms with Crippen LogP contribution in [0.3, 0.4) is 0 Å². The highest BCUT2D eigenvalue weighted by Crippen LogP contribution is 2.35. The van der Waals surface area contributed by atoms with E-state index in [2.05, 4.69) is 29.7 Å². The van der Waals surface area contributed by atoms with E-state index in [4.69, 9.17) is 4.74 Å². The number of rotatable bonds is 10. The molecule has 0 aliphatic rings. The molecule has 0 radical (unpaired) electrons. The van der Waals surface area contributed by atoms with Gasteiger partial charge in [0.05, 0.1) is 6.10 Å². The third kappa shape index (κ3) is 6.93. The molecule has 0 aromatic heterocycles. The highest BCUT2D eigenvalue weighted by Gasteiger charge is 2.21. The van der Waals surface area contributed by atoms with Gasteiger partial charge in [0.2, 0.25) is 0 Å². The molecule has 0 aliphatic heterocycles. The lowest BCUT2D eigenvalue weighted by Gasteiger charge is -2.20. The van der Waals surface area contributed by atoms with Crippen LogP contribution in [0.1, 0.15) is 23.7 Å². The van der Waals surface area contributed by atoms with Crippen molar-refractivity contribution >= 4 is 29.3 Å². The molecule has 29 heavy (non-hydrogen) atoms. The van der Waals surface area contributed by atoms with E-state index in [1.807, 2.05) is 73.7 Å². The van der Waals surface area contributed by atoms with E-state index in [1.165, 1.54) is 0 Å². The molecule has 148 valence electrons. The summed E-state index contributed by atoms with van der Waals surface area (Å²) in [6.45, 7) is 2.52. The van der Waals surface area contributed by atoms with Crippen molar-refractivity contribution in [3.05, 3.63) is 107 Å². The van der Waals surface area contributed by atoms with Crippen molar-refractivity contribution in [2.45, 2.75) is 29.2 Å². The molecule has 3 aromatic rings. The zero-order valence-corrected chi connectivity index (χ0v) is 18.0. The lowest BCUT2D eigenvalue weighted by atomic mass is 10.1. The first-order chi connectivity index (χ1) is 14.3. The Morgan fingerprint density at radius 2 is 1.41 bits per heavy atom. The zero-order chi connectivity index (χ0) is 20.3. The van der Waals surface area contributed by atoms with Crippen LogP contribution in [0, 0.1) is 0 Å². The van der Waals surface area contributed by atoms with E-state index in [-0.39, 0.29) is 11.9 Å². The molecular formula is C25H24O2S2. The van der Waals surface area contributed by atoms with E-state index in [0.717, 1.165) is 20.3 Å². The molecule has 3 rings (SSSR count). The van der Waals surface area contributed by atoms with Gasteiger partial charge in [0.15, 0.2) is 5.78 Å². The Morgan fingerprint density at radius 1 is 0.862 bits per heavy atom. The molecule has 0 spiro atoms.